The van der Waals surface area contributed by atoms with Crippen LogP contribution in [0, 0.1) is 0 Å². The Bertz CT molecular complexity index is 556. The normalized spacial score (nSPS) is 22.3. The molecule has 3 aliphatic rings. The fraction of sp³-hybridized carbons (Fsp3) is 0.731. The molecule has 0 saturated heterocycles. The molecule has 0 bridgehead atoms. The summed E-state index contributed by atoms with van der Waals surface area (Å²) in [6.45, 7) is 0. The molecule has 3 aliphatic carbocycles. The molecule has 0 spiro atoms. The van der Waals surface area contributed by atoms with Crippen LogP contribution in [0.4, 0.5) is 0 Å². The third-order valence-electron chi connectivity index (χ3n) is 7.49. The van der Waals surface area contributed by atoms with Crippen LogP contribution in [0.1, 0.15) is 102 Å². The van der Waals surface area contributed by atoms with E-state index in [0.29, 0.717) is 0 Å². The van der Waals surface area contributed by atoms with E-state index in [9.17, 15) is 0 Å². The van der Waals surface area contributed by atoms with E-state index in [4.69, 9.17) is 19.4 Å². The van der Waals surface area contributed by atoms with E-state index < -0.39 is 13.5 Å². The molecule has 0 aliphatic heterocycles. The first kappa shape index (κ1) is 25.3. The zero-order chi connectivity index (χ0) is 21.0. The summed E-state index contributed by atoms with van der Waals surface area (Å²) >= 11 is -1.56. The summed E-state index contributed by atoms with van der Waals surface area (Å²) in [5.41, 5.74) is 4.95. The van der Waals surface area contributed by atoms with Crippen molar-refractivity contribution in [3.8, 4) is 0 Å². The van der Waals surface area contributed by atoms with Crippen molar-refractivity contribution in [1.82, 2.24) is 0 Å². The molecule has 0 heterocycles. The van der Waals surface area contributed by atoms with Crippen molar-refractivity contribution in [3.63, 3.8) is 0 Å². The van der Waals surface area contributed by atoms with Gasteiger partial charge in [-0.25, -0.2) is 0 Å². The average Bonchev–Trinajstić information content (AvgIpc) is 2.81. The Labute approximate surface area is 200 Å². The molecule has 0 radical (unpaired) electrons. The van der Waals surface area contributed by atoms with E-state index in [1.54, 1.807) is 96.3 Å². The number of rotatable bonds is 5. The molecule has 172 valence electrons. The SMILES string of the molecule is C1CCC([PH+](C2CCCCC2)C2CCCCC2)CC1.[Cl][Ru]([Cl])=[CH]Cc1ccccc1. The van der Waals surface area contributed by atoms with Gasteiger partial charge < -0.3 is 0 Å². The van der Waals surface area contributed by atoms with E-state index in [-0.39, 0.29) is 7.92 Å². The van der Waals surface area contributed by atoms with Gasteiger partial charge in [-0.15, -0.1) is 0 Å². The van der Waals surface area contributed by atoms with Gasteiger partial charge in [0.2, 0.25) is 0 Å². The second-order valence-corrected chi connectivity index (χ2v) is 18.9. The Kier molecular flexibility index (Phi) is 12.5. The Morgan fingerprint density at radius 1 is 0.667 bits per heavy atom. The molecule has 0 nitrogen and oxygen atoms in total. The molecule has 4 heteroatoms. The molecule has 4 rings (SSSR count). The summed E-state index contributed by atoms with van der Waals surface area (Å²) in [4.78, 5) is 0. The van der Waals surface area contributed by atoms with Crippen molar-refractivity contribution in [2.24, 2.45) is 0 Å². The number of benzene rings is 1. The number of hydrogen-bond donors (Lipinski definition) is 0. The molecular weight excluding hydrogens is 515 g/mol. The summed E-state index contributed by atoms with van der Waals surface area (Å²) in [5, 5.41) is 0. The minimum absolute atomic E-state index is 0.0465. The Morgan fingerprint density at radius 3 is 1.43 bits per heavy atom. The first-order valence-electron chi connectivity index (χ1n) is 12.5. The number of halogens is 2. The molecule has 0 atom stereocenters. The first-order valence-corrected chi connectivity index (χ1v) is 19.7. The molecule has 0 N–H and O–H groups in total. The monoisotopic (exact) mass is 557 g/mol. The van der Waals surface area contributed by atoms with Gasteiger partial charge in [0.15, 0.2) is 0 Å². The van der Waals surface area contributed by atoms with Gasteiger partial charge in [-0.3, -0.25) is 0 Å². The summed E-state index contributed by atoms with van der Waals surface area (Å²) in [6.07, 6.45) is 24.7. The van der Waals surface area contributed by atoms with Crippen LogP contribution in [0.3, 0.4) is 0 Å². The van der Waals surface area contributed by atoms with E-state index >= 15 is 0 Å². The molecular formula is C26H42Cl2PRu+. The standard InChI is InChI=1S/C18H33P.C8H8.2ClH.Ru/c1-4-10-16(11-5-1)19(17-12-6-2-7-13-17)18-14-8-3-9-15-18;1-2-8-6-4-3-5-7-8;;;/h16-18H,1-15H2;1,3-7H,2H2;2*1H;/q;;;;+2/p-1. The van der Waals surface area contributed by atoms with Crippen LogP contribution in [0.15, 0.2) is 30.3 Å². The predicted octanol–water partition coefficient (Wildman–Crippen LogP) is 9.16. The van der Waals surface area contributed by atoms with Gasteiger partial charge in [0.1, 0.15) is 0 Å². The maximum atomic E-state index is 5.68. The Hall–Kier alpha value is 0.723. The van der Waals surface area contributed by atoms with E-state index in [2.05, 4.69) is 12.1 Å². The van der Waals surface area contributed by atoms with Gasteiger partial charge in [-0.2, -0.15) is 0 Å². The van der Waals surface area contributed by atoms with Gasteiger partial charge >= 0.3 is 79.8 Å². The molecule has 0 amide bonds. The molecule has 1 aromatic rings. The van der Waals surface area contributed by atoms with Crippen molar-refractivity contribution in [2.45, 2.75) is 120 Å². The molecule has 3 fully saturated rings. The van der Waals surface area contributed by atoms with Crippen molar-refractivity contribution in [3.05, 3.63) is 35.9 Å². The fourth-order valence-corrected chi connectivity index (χ4v) is 12.6. The number of hydrogen-bond acceptors (Lipinski definition) is 0. The van der Waals surface area contributed by atoms with Crippen LogP contribution in [0.2, 0.25) is 0 Å². The van der Waals surface area contributed by atoms with Crippen molar-refractivity contribution < 1.29 is 13.5 Å². The van der Waals surface area contributed by atoms with E-state index in [1.807, 2.05) is 22.8 Å². The van der Waals surface area contributed by atoms with Crippen LogP contribution in [-0.4, -0.2) is 21.6 Å². The van der Waals surface area contributed by atoms with Crippen LogP contribution >= 0.6 is 27.3 Å². The van der Waals surface area contributed by atoms with Gasteiger partial charge in [0.25, 0.3) is 0 Å². The summed E-state index contributed by atoms with van der Waals surface area (Å²) in [5.74, 6) is 0. The van der Waals surface area contributed by atoms with Crippen molar-refractivity contribution in [1.29, 1.82) is 0 Å². The quantitative estimate of drug-likeness (QED) is 0.250. The van der Waals surface area contributed by atoms with Crippen molar-refractivity contribution >= 4 is 31.9 Å². The molecule has 0 unspecified atom stereocenters. The van der Waals surface area contributed by atoms with Gasteiger partial charge in [0.05, 0.1) is 17.0 Å². The van der Waals surface area contributed by atoms with E-state index in [0.717, 1.165) is 6.42 Å². The molecule has 0 aromatic heterocycles. The van der Waals surface area contributed by atoms with Gasteiger partial charge in [-0.05, 0) is 77.0 Å². The third-order valence-corrected chi connectivity index (χ3v) is 14.2. The fourth-order valence-electron chi connectivity index (χ4n) is 6.06. The molecule has 1 aromatic carbocycles. The van der Waals surface area contributed by atoms with Crippen LogP contribution in [0.25, 0.3) is 0 Å². The predicted molar refractivity (Wildman–Crippen MR) is 137 cm³/mol. The van der Waals surface area contributed by atoms with E-state index in [1.165, 1.54) is 22.5 Å². The third kappa shape index (κ3) is 8.93. The van der Waals surface area contributed by atoms with Crippen LogP contribution in [-0.2, 0) is 19.9 Å². The van der Waals surface area contributed by atoms with Crippen LogP contribution in [0.5, 0.6) is 0 Å². The summed E-state index contributed by atoms with van der Waals surface area (Å²) in [7, 11) is 11.3. The summed E-state index contributed by atoms with van der Waals surface area (Å²) in [6, 6.07) is 10.2. The van der Waals surface area contributed by atoms with Crippen molar-refractivity contribution in [2.75, 3.05) is 0 Å². The second-order valence-electron chi connectivity index (χ2n) is 9.54. The topological polar surface area (TPSA) is 0 Å². The van der Waals surface area contributed by atoms with Gasteiger partial charge in [-0.1, -0.05) is 19.3 Å². The Balaban J connectivity index is 0.000000199. The molecule has 3 saturated carbocycles. The first-order chi connectivity index (χ1) is 14.7. The minimum atomic E-state index is -1.56. The zero-order valence-corrected chi connectivity index (χ0v) is 22.9. The summed E-state index contributed by atoms with van der Waals surface area (Å²) < 4.78 is 2.00. The average molecular weight is 558 g/mol. The van der Waals surface area contributed by atoms with Gasteiger partial charge in [0, 0.05) is 7.92 Å². The zero-order valence-electron chi connectivity index (χ0n) is 18.6. The second kappa shape index (κ2) is 14.8. The van der Waals surface area contributed by atoms with Crippen LogP contribution < -0.4 is 0 Å². The Morgan fingerprint density at radius 2 is 1.07 bits per heavy atom. The maximum absolute atomic E-state index is 5.68. The molecule has 30 heavy (non-hydrogen) atoms.